The van der Waals surface area contributed by atoms with E-state index in [2.05, 4.69) is 32.5 Å². The fraction of sp³-hybridized carbons (Fsp3) is 0.722. The smallest absolute Gasteiger partial charge is 0.414 e. The summed E-state index contributed by atoms with van der Waals surface area (Å²) < 4.78 is 10.1. The summed E-state index contributed by atoms with van der Waals surface area (Å²) in [6.45, 7) is 14.5. The third-order valence-electron chi connectivity index (χ3n) is 4.22. The molecule has 0 atom stereocenters. The van der Waals surface area contributed by atoms with E-state index in [1.165, 1.54) is 6.07 Å². The van der Waals surface area contributed by atoms with Crippen LogP contribution in [0.15, 0.2) is 10.6 Å². The van der Waals surface area contributed by atoms with Crippen LogP contribution in [0.25, 0.3) is 0 Å². The van der Waals surface area contributed by atoms with Gasteiger partial charge < -0.3 is 24.4 Å². The van der Waals surface area contributed by atoms with Gasteiger partial charge >= 0.3 is 6.09 Å². The minimum atomic E-state index is -0.659. The van der Waals surface area contributed by atoms with Crippen molar-refractivity contribution in [1.29, 1.82) is 0 Å². The molecule has 1 aliphatic heterocycles. The Morgan fingerprint density at radius 2 is 1.89 bits per heavy atom. The molecule has 2 amide bonds. The Hall–Kier alpha value is -2.13. The number of nitrogens with zero attached hydrogens (tertiary/aromatic N) is 3. The fourth-order valence-corrected chi connectivity index (χ4v) is 2.77. The first-order valence-corrected chi connectivity index (χ1v) is 9.46. The number of carbonyl (C=O) groups is 2. The lowest BCUT2D eigenvalue weighted by molar-refractivity contribution is 0.0631. The van der Waals surface area contributed by atoms with Crippen molar-refractivity contribution in [3.05, 3.63) is 11.8 Å². The van der Waals surface area contributed by atoms with E-state index in [9.17, 15) is 9.59 Å². The Bertz CT molecular complexity index is 618. The second-order valence-electron chi connectivity index (χ2n) is 7.59. The maximum atomic E-state index is 12.1. The molecule has 2 N–H and O–H groups in total. The number of anilines is 1. The van der Waals surface area contributed by atoms with E-state index in [0.29, 0.717) is 6.54 Å². The number of likely N-dealkylation sites (N-methyl/N-ethyl adjacent to an activating group) is 1. The highest BCUT2D eigenvalue weighted by Gasteiger charge is 2.19. The molecule has 1 aromatic rings. The van der Waals surface area contributed by atoms with E-state index in [4.69, 9.17) is 9.26 Å². The van der Waals surface area contributed by atoms with Crippen LogP contribution in [0, 0.1) is 0 Å². The Balaban J connectivity index is 1.66. The molecule has 27 heavy (non-hydrogen) atoms. The molecular formula is C18H31N5O4. The van der Waals surface area contributed by atoms with Gasteiger partial charge in [0.2, 0.25) is 5.88 Å². The van der Waals surface area contributed by atoms with Crippen molar-refractivity contribution in [3.63, 3.8) is 0 Å². The normalized spacial score (nSPS) is 16.1. The van der Waals surface area contributed by atoms with E-state index < -0.39 is 11.7 Å². The van der Waals surface area contributed by atoms with Gasteiger partial charge in [0.1, 0.15) is 5.60 Å². The molecule has 2 heterocycles. The zero-order valence-corrected chi connectivity index (χ0v) is 16.7. The maximum absolute atomic E-state index is 12.1. The highest BCUT2D eigenvalue weighted by Crippen LogP contribution is 2.13. The molecule has 152 valence electrons. The molecule has 0 spiro atoms. The SMILES string of the molecule is CCN1CCN(CCCNC(=O)c2cc(NC(=O)OC(C)(C)C)on2)CC1. The van der Waals surface area contributed by atoms with Crippen LogP contribution in [0.4, 0.5) is 10.7 Å². The van der Waals surface area contributed by atoms with Crippen LogP contribution in [0.5, 0.6) is 0 Å². The van der Waals surface area contributed by atoms with Gasteiger partial charge in [-0.3, -0.25) is 10.1 Å². The Labute approximate surface area is 160 Å². The first-order chi connectivity index (χ1) is 12.8. The third-order valence-corrected chi connectivity index (χ3v) is 4.22. The van der Waals surface area contributed by atoms with E-state index in [0.717, 1.165) is 45.7 Å². The van der Waals surface area contributed by atoms with Crippen LogP contribution in [0.3, 0.4) is 0 Å². The molecule has 0 unspecified atom stereocenters. The fourth-order valence-electron chi connectivity index (χ4n) is 2.77. The van der Waals surface area contributed by atoms with Gasteiger partial charge in [-0.25, -0.2) is 4.79 Å². The number of carbonyl (C=O) groups excluding carboxylic acids is 2. The number of hydrogen-bond acceptors (Lipinski definition) is 7. The van der Waals surface area contributed by atoms with Gasteiger partial charge in [0.05, 0.1) is 0 Å². The van der Waals surface area contributed by atoms with Crippen molar-refractivity contribution in [2.75, 3.05) is 51.1 Å². The standard InChI is InChI=1S/C18H31N5O4/c1-5-22-9-11-23(12-10-22)8-6-7-19-16(24)14-13-15(27-21-14)20-17(25)26-18(2,3)4/h13H,5-12H2,1-4H3,(H,19,24)(H,20,25). The van der Waals surface area contributed by atoms with Crippen molar-refractivity contribution in [2.45, 2.75) is 39.7 Å². The van der Waals surface area contributed by atoms with E-state index in [1.54, 1.807) is 20.8 Å². The number of ether oxygens (including phenoxy) is 1. The van der Waals surface area contributed by atoms with Gasteiger partial charge in [-0.15, -0.1) is 0 Å². The number of piperazine rings is 1. The molecule has 1 aliphatic rings. The average Bonchev–Trinajstić information content (AvgIpc) is 3.05. The molecule has 0 aromatic carbocycles. The summed E-state index contributed by atoms with van der Waals surface area (Å²) in [4.78, 5) is 28.6. The van der Waals surface area contributed by atoms with Crippen molar-refractivity contribution >= 4 is 17.9 Å². The van der Waals surface area contributed by atoms with E-state index >= 15 is 0 Å². The molecule has 1 fully saturated rings. The second kappa shape index (κ2) is 9.70. The molecule has 0 saturated carbocycles. The van der Waals surface area contributed by atoms with Crippen LogP contribution in [0.1, 0.15) is 44.6 Å². The second-order valence-corrected chi connectivity index (χ2v) is 7.59. The highest BCUT2D eigenvalue weighted by atomic mass is 16.6. The molecule has 0 radical (unpaired) electrons. The monoisotopic (exact) mass is 381 g/mol. The minimum Gasteiger partial charge on any atom is -0.444 e. The third kappa shape index (κ3) is 7.56. The summed E-state index contributed by atoms with van der Waals surface area (Å²) >= 11 is 0. The Morgan fingerprint density at radius 1 is 1.22 bits per heavy atom. The molecule has 2 rings (SSSR count). The van der Waals surface area contributed by atoms with Gasteiger partial charge in [-0.2, -0.15) is 0 Å². The molecule has 0 aliphatic carbocycles. The quantitative estimate of drug-likeness (QED) is 0.695. The number of nitrogens with one attached hydrogen (secondary N) is 2. The van der Waals surface area contributed by atoms with Crippen LogP contribution >= 0.6 is 0 Å². The summed E-state index contributed by atoms with van der Waals surface area (Å²) in [7, 11) is 0. The molecular weight excluding hydrogens is 350 g/mol. The number of aromatic nitrogens is 1. The van der Waals surface area contributed by atoms with E-state index in [1.807, 2.05) is 0 Å². The zero-order valence-electron chi connectivity index (χ0n) is 16.7. The number of rotatable bonds is 7. The van der Waals surface area contributed by atoms with Crippen molar-refractivity contribution in [1.82, 2.24) is 20.3 Å². The van der Waals surface area contributed by atoms with Crippen LogP contribution < -0.4 is 10.6 Å². The molecule has 1 aromatic heterocycles. The first kappa shape index (κ1) is 21.2. The Morgan fingerprint density at radius 3 is 2.52 bits per heavy atom. The summed E-state index contributed by atoms with van der Waals surface area (Å²) in [5, 5.41) is 8.91. The number of hydrogen-bond donors (Lipinski definition) is 2. The summed E-state index contributed by atoms with van der Waals surface area (Å²) in [6.07, 6.45) is 0.215. The minimum absolute atomic E-state index is 0.0724. The molecule has 1 saturated heterocycles. The van der Waals surface area contributed by atoms with E-state index in [-0.39, 0.29) is 17.5 Å². The maximum Gasteiger partial charge on any atom is 0.414 e. The number of amides is 2. The lowest BCUT2D eigenvalue weighted by atomic mass is 10.2. The lowest BCUT2D eigenvalue weighted by Gasteiger charge is -2.33. The van der Waals surface area contributed by atoms with Crippen LogP contribution in [0.2, 0.25) is 0 Å². The van der Waals surface area contributed by atoms with Crippen molar-refractivity contribution in [2.24, 2.45) is 0 Å². The zero-order chi connectivity index (χ0) is 19.9. The van der Waals surface area contributed by atoms with Gasteiger partial charge in [-0.05, 0) is 40.3 Å². The van der Waals surface area contributed by atoms with Gasteiger partial charge in [0.15, 0.2) is 5.69 Å². The summed E-state index contributed by atoms with van der Waals surface area (Å²) in [5.74, 6) is -0.255. The first-order valence-electron chi connectivity index (χ1n) is 9.46. The summed E-state index contributed by atoms with van der Waals surface area (Å²) in [5.41, 5.74) is -0.495. The predicted octanol–water partition coefficient (Wildman–Crippen LogP) is 1.78. The van der Waals surface area contributed by atoms with Crippen LogP contribution in [-0.2, 0) is 4.74 Å². The average molecular weight is 381 g/mol. The topological polar surface area (TPSA) is 99.9 Å². The lowest BCUT2D eigenvalue weighted by Crippen LogP contribution is -2.46. The molecule has 9 nitrogen and oxygen atoms in total. The molecule has 0 bridgehead atoms. The van der Waals surface area contributed by atoms with Gasteiger partial charge in [0, 0.05) is 38.8 Å². The van der Waals surface area contributed by atoms with Crippen LogP contribution in [-0.4, -0.2) is 78.4 Å². The summed E-state index contributed by atoms with van der Waals surface area (Å²) in [6, 6.07) is 1.38. The highest BCUT2D eigenvalue weighted by molar-refractivity contribution is 5.93. The predicted molar refractivity (Wildman–Crippen MR) is 102 cm³/mol. The molecule has 9 heteroatoms. The van der Waals surface area contributed by atoms with Crippen molar-refractivity contribution in [3.8, 4) is 0 Å². The van der Waals surface area contributed by atoms with Gasteiger partial charge in [0.25, 0.3) is 5.91 Å². The van der Waals surface area contributed by atoms with Crippen molar-refractivity contribution < 1.29 is 18.8 Å². The Kier molecular flexibility index (Phi) is 7.61. The largest absolute Gasteiger partial charge is 0.444 e. The van der Waals surface area contributed by atoms with Gasteiger partial charge in [-0.1, -0.05) is 12.1 Å².